The first kappa shape index (κ1) is 11.0. The van der Waals surface area contributed by atoms with Crippen molar-refractivity contribution >= 4 is 29.2 Å². The summed E-state index contributed by atoms with van der Waals surface area (Å²) in [6, 6.07) is 0. The lowest BCUT2D eigenvalue weighted by molar-refractivity contribution is 0.764. The van der Waals surface area contributed by atoms with Crippen molar-refractivity contribution in [2.24, 2.45) is 7.05 Å². The Hall–Kier alpha value is -1.54. The van der Waals surface area contributed by atoms with E-state index in [-0.39, 0.29) is 16.5 Å². The van der Waals surface area contributed by atoms with Crippen molar-refractivity contribution in [3.8, 4) is 0 Å². The van der Waals surface area contributed by atoms with Gasteiger partial charge in [-0.25, -0.2) is 19.9 Å². The van der Waals surface area contributed by atoms with E-state index < -0.39 is 0 Å². The molecule has 2 aromatic heterocycles. The number of nitrogen functional groups attached to an aromatic ring is 1. The van der Waals surface area contributed by atoms with Crippen LogP contribution in [0, 0.1) is 0 Å². The molecule has 2 heterocycles. The van der Waals surface area contributed by atoms with Gasteiger partial charge in [0.05, 0.1) is 0 Å². The highest BCUT2D eigenvalue weighted by atomic mass is 35.5. The topological polar surface area (TPSA) is 102 Å². The van der Waals surface area contributed by atoms with Crippen LogP contribution in [0.5, 0.6) is 0 Å². The number of nitrogens with zero attached hydrogens (tertiary/aromatic N) is 4. The fraction of sp³-hybridized carbons (Fsp3) is 0.143. The minimum absolute atomic E-state index is 0.194. The maximum atomic E-state index is 11.1. The van der Waals surface area contributed by atoms with E-state index in [0.29, 0.717) is 10.2 Å². The first-order valence-electron chi connectivity index (χ1n) is 4.15. The van der Waals surface area contributed by atoms with Gasteiger partial charge in [0.15, 0.2) is 5.16 Å². The molecule has 0 radical (unpaired) electrons. The third-order valence-electron chi connectivity index (χ3n) is 1.81. The molecule has 7 nitrogen and oxygen atoms in total. The Morgan fingerprint density at radius 3 is 2.94 bits per heavy atom. The lowest BCUT2D eigenvalue weighted by atomic mass is 10.6. The van der Waals surface area contributed by atoms with E-state index in [0.717, 1.165) is 11.8 Å². The number of anilines is 1. The molecule has 0 saturated heterocycles. The van der Waals surface area contributed by atoms with Crippen LogP contribution in [0.2, 0.25) is 5.02 Å². The number of hydrogen-bond acceptors (Lipinski definition) is 6. The minimum Gasteiger partial charge on any atom is -0.382 e. The Morgan fingerprint density at radius 2 is 2.31 bits per heavy atom. The Labute approximate surface area is 99.0 Å². The predicted octanol–water partition coefficient (Wildman–Crippen LogP) is 0.285. The van der Waals surface area contributed by atoms with Crippen molar-refractivity contribution in [1.29, 1.82) is 0 Å². The van der Waals surface area contributed by atoms with E-state index in [1.807, 2.05) is 0 Å². The Kier molecular flexibility index (Phi) is 2.84. The molecule has 3 N–H and O–H groups in total. The molecule has 16 heavy (non-hydrogen) atoms. The number of nitrogens with one attached hydrogen (secondary N) is 1. The zero-order valence-electron chi connectivity index (χ0n) is 8.14. The molecule has 2 rings (SSSR count). The van der Waals surface area contributed by atoms with Gasteiger partial charge in [0.1, 0.15) is 22.2 Å². The third kappa shape index (κ3) is 1.89. The second-order valence-electron chi connectivity index (χ2n) is 2.85. The van der Waals surface area contributed by atoms with Gasteiger partial charge < -0.3 is 5.73 Å². The lowest BCUT2D eigenvalue weighted by Crippen LogP contribution is -2.12. The summed E-state index contributed by atoms with van der Waals surface area (Å²) in [7, 11) is 1.59. The molecular weight excluding hydrogens is 252 g/mol. The molecule has 0 aliphatic carbocycles. The molecule has 84 valence electrons. The number of nitrogens with two attached hydrogens (primary N) is 1. The Morgan fingerprint density at radius 1 is 1.56 bits per heavy atom. The first-order valence-corrected chi connectivity index (χ1v) is 5.34. The molecule has 0 atom stereocenters. The second-order valence-corrected chi connectivity index (χ2v) is 4.18. The van der Waals surface area contributed by atoms with E-state index >= 15 is 0 Å². The van der Waals surface area contributed by atoms with Crippen molar-refractivity contribution in [1.82, 2.24) is 24.7 Å². The predicted molar refractivity (Wildman–Crippen MR) is 59.4 cm³/mol. The normalized spacial score (nSPS) is 10.6. The zero-order valence-corrected chi connectivity index (χ0v) is 9.71. The summed E-state index contributed by atoms with van der Waals surface area (Å²) in [6.45, 7) is 0. The molecule has 0 bridgehead atoms. The Balaban J connectivity index is 2.38. The molecule has 0 aromatic carbocycles. The molecule has 0 fully saturated rings. The fourth-order valence-corrected chi connectivity index (χ4v) is 1.94. The summed E-state index contributed by atoms with van der Waals surface area (Å²) in [6.07, 6.45) is 1.30. The van der Waals surface area contributed by atoms with Gasteiger partial charge in [-0.3, -0.25) is 4.57 Å². The van der Waals surface area contributed by atoms with Crippen molar-refractivity contribution in [2.75, 3.05) is 5.73 Å². The summed E-state index contributed by atoms with van der Waals surface area (Å²) in [4.78, 5) is 18.8. The van der Waals surface area contributed by atoms with Crippen molar-refractivity contribution in [3.63, 3.8) is 0 Å². The van der Waals surface area contributed by atoms with E-state index in [1.165, 1.54) is 10.9 Å². The quantitative estimate of drug-likeness (QED) is 0.751. The summed E-state index contributed by atoms with van der Waals surface area (Å²) in [5.41, 5.74) is 5.22. The standard InChI is InChI=1S/C7H7ClN6OS/c1-14-6(15)12-13-7(14)16-5-3(8)4(9)10-2-11-5/h2H,1H3,(H,12,15)(H2,9,10,11). The molecule has 0 aliphatic heterocycles. The van der Waals surface area contributed by atoms with Crippen LogP contribution in [0.15, 0.2) is 21.3 Å². The average molecular weight is 259 g/mol. The SMILES string of the molecule is Cn1c(Sc2ncnc(N)c2Cl)n[nH]c1=O. The van der Waals surface area contributed by atoms with Crippen LogP contribution in [0.3, 0.4) is 0 Å². The number of aromatic nitrogens is 5. The van der Waals surface area contributed by atoms with Gasteiger partial charge in [-0.1, -0.05) is 11.6 Å². The van der Waals surface area contributed by atoms with Crippen LogP contribution in [0.1, 0.15) is 0 Å². The molecule has 0 saturated carbocycles. The molecule has 0 spiro atoms. The van der Waals surface area contributed by atoms with Crippen LogP contribution in [-0.2, 0) is 7.05 Å². The second kappa shape index (κ2) is 4.14. The summed E-state index contributed by atoms with van der Waals surface area (Å²) >= 11 is 7.04. The molecule has 0 amide bonds. The number of aromatic amines is 1. The number of halogens is 1. The largest absolute Gasteiger partial charge is 0.382 e. The van der Waals surface area contributed by atoms with E-state index in [2.05, 4.69) is 20.2 Å². The third-order valence-corrected chi connectivity index (χ3v) is 3.35. The maximum Gasteiger partial charge on any atom is 0.343 e. The molecule has 9 heteroatoms. The lowest BCUT2D eigenvalue weighted by Gasteiger charge is -2.02. The van der Waals surface area contributed by atoms with E-state index in [1.54, 1.807) is 7.05 Å². The minimum atomic E-state index is -0.305. The smallest absolute Gasteiger partial charge is 0.343 e. The van der Waals surface area contributed by atoms with E-state index in [4.69, 9.17) is 17.3 Å². The van der Waals surface area contributed by atoms with Crippen LogP contribution < -0.4 is 11.4 Å². The summed E-state index contributed by atoms with van der Waals surface area (Å²) in [5, 5.41) is 7.28. The van der Waals surface area contributed by atoms with Crippen molar-refractivity contribution in [2.45, 2.75) is 10.2 Å². The van der Waals surface area contributed by atoms with Gasteiger partial charge in [0, 0.05) is 7.05 Å². The molecular formula is C7H7ClN6OS. The number of H-pyrrole nitrogens is 1. The molecule has 0 aliphatic rings. The van der Waals surface area contributed by atoms with Crippen molar-refractivity contribution in [3.05, 3.63) is 21.8 Å². The fourth-order valence-electron chi connectivity index (χ4n) is 0.948. The number of hydrogen-bond donors (Lipinski definition) is 2. The van der Waals surface area contributed by atoms with Crippen LogP contribution in [-0.4, -0.2) is 24.7 Å². The van der Waals surface area contributed by atoms with Gasteiger partial charge in [-0.05, 0) is 11.8 Å². The monoisotopic (exact) mass is 258 g/mol. The van der Waals surface area contributed by atoms with Gasteiger partial charge in [0.25, 0.3) is 0 Å². The Bertz CT molecular complexity index is 578. The van der Waals surface area contributed by atoms with Gasteiger partial charge in [-0.15, -0.1) is 5.10 Å². The highest BCUT2D eigenvalue weighted by Crippen LogP contribution is 2.31. The molecule has 0 unspecified atom stereocenters. The maximum absolute atomic E-state index is 11.1. The highest BCUT2D eigenvalue weighted by molar-refractivity contribution is 7.99. The van der Waals surface area contributed by atoms with Gasteiger partial charge in [-0.2, -0.15) is 0 Å². The van der Waals surface area contributed by atoms with Crippen LogP contribution in [0.25, 0.3) is 0 Å². The summed E-state index contributed by atoms with van der Waals surface area (Å²) in [5.74, 6) is 0.194. The molecule has 2 aromatic rings. The highest BCUT2D eigenvalue weighted by Gasteiger charge is 2.12. The van der Waals surface area contributed by atoms with Gasteiger partial charge >= 0.3 is 5.69 Å². The zero-order chi connectivity index (χ0) is 11.7. The van der Waals surface area contributed by atoms with Crippen molar-refractivity contribution < 1.29 is 0 Å². The first-order chi connectivity index (χ1) is 7.59. The van der Waals surface area contributed by atoms with E-state index in [9.17, 15) is 4.79 Å². The average Bonchev–Trinajstić information content (AvgIpc) is 2.57. The number of rotatable bonds is 2. The van der Waals surface area contributed by atoms with Gasteiger partial charge in [0.2, 0.25) is 0 Å². The van der Waals surface area contributed by atoms with Crippen LogP contribution >= 0.6 is 23.4 Å². The van der Waals surface area contributed by atoms with Crippen LogP contribution in [0.4, 0.5) is 5.82 Å². The summed E-state index contributed by atoms with van der Waals surface area (Å²) < 4.78 is 1.35.